The Bertz CT molecular complexity index is 1020. The van der Waals surface area contributed by atoms with Crippen molar-refractivity contribution in [1.29, 1.82) is 0 Å². The standard InChI is InChI=1S/C22H18N2O5/c1-13(21(25)26)11-15-3-7-17(8-4-15)19-23-24-20(29-19)18-9-5-16(6-10-18)12-14(2)22(27)28/h3-12H,1-2H3,(H,25,26)(H,27,28)/b13-11+,14-12+. The van der Waals surface area contributed by atoms with E-state index in [1.165, 1.54) is 13.8 Å². The van der Waals surface area contributed by atoms with E-state index in [2.05, 4.69) is 10.2 Å². The number of hydrogen-bond donors (Lipinski definition) is 2. The second-order valence-electron chi connectivity index (χ2n) is 6.42. The molecule has 7 nitrogen and oxygen atoms in total. The molecule has 0 saturated heterocycles. The van der Waals surface area contributed by atoms with Crippen molar-refractivity contribution in [3.05, 3.63) is 70.8 Å². The molecule has 0 radical (unpaired) electrons. The molecule has 0 bridgehead atoms. The number of aliphatic carboxylic acids is 2. The molecule has 0 amide bonds. The predicted octanol–water partition coefficient (Wildman–Crippen LogP) is 4.38. The molecule has 7 heteroatoms. The van der Waals surface area contributed by atoms with Crippen molar-refractivity contribution in [3.63, 3.8) is 0 Å². The monoisotopic (exact) mass is 390 g/mol. The van der Waals surface area contributed by atoms with Crippen LogP contribution in [0, 0.1) is 0 Å². The van der Waals surface area contributed by atoms with Gasteiger partial charge in [-0.05, 0) is 61.4 Å². The van der Waals surface area contributed by atoms with Gasteiger partial charge in [0.25, 0.3) is 0 Å². The number of carboxylic acid groups (broad SMARTS) is 2. The van der Waals surface area contributed by atoms with Gasteiger partial charge >= 0.3 is 11.9 Å². The quantitative estimate of drug-likeness (QED) is 0.600. The third-order valence-electron chi connectivity index (χ3n) is 4.18. The molecule has 3 rings (SSSR count). The number of benzene rings is 2. The van der Waals surface area contributed by atoms with Crippen LogP contribution < -0.4 is 0 Å². The number of rotatable bonds is 6. The molecule has 2 aromatic carbocycles. The maximum atomic E-state index is 10.9. The maximum absolute atomic E-state index is 10.9. The van der Waals surface area contributed by atoms with Gasteiger partial charge in [-0.3, -0.25) is 0 Å². The molecule has 0 unspecified atom stereocenters. The van der Waals surface area contributed by atoms with E-state index < -0.39 is 11.9 Å². The lowest BCUT2D eigenvalue weighted by Crippen LogP contribution is -1.95. The van der Waals surface area contributed by atoms with Crippen molar-refractivity contribution in [2.24, 2.45) is 0 Å². The van der Waals surface area contributed by atoms with Crippen molar-refractivity contribution in [1.82, 2.24) is 10.2 Å². The molecule has 3 aromatic rings. The van der Waals surface area contributed by atoms with E-state index in [9.17, 15) is 9.59 Å². The summed E-state index contributed by atoms with van der Waals surface area (Å²) < 4.78 is 5.73. The first-order valence-electron chi connectivity index (χ1n) is 8.71. The largest absolute Gasteiger partial charge is 0.478 e. The van der Waals surface area contributed by atoms with Gasteiger partial charge in [0, 0.05) is 22.3 Å². The molecule has 1 heterocycles. The molecular formula is C22H18N2O5. The van der Waals surface area contributed by atoms with Crippen LogP contribution in [-0.2, 0) is 9.59 Å². The van der Waals surface area contributed by atoms with Gasteiger partial charge in [0.15, 0.2) is 0 Å². The Morgan fingerprint density at radius 3 is 1.38 bits per heavy atom. The van der Waals surface area contributed by atoms with Gasteiger partial charge < -0.3 is 14.6 Å². The second-order valence-corrected chi connectivity index (χ2v) is 6.42. The van der Waals surface area contributed by atoms with Crippen LogP contribution in [0.5, 0.6) is 0 Å². The normalized spacial score (nSPS) is 12.1. The number of nitrogens with zero attached hydrogens (tertiary/aromatic N) is 2. The van der Waals surface area contributed by atoms with Crippen LogP contribution in [0.25, 0.3) is 35.1 Å². The van der Waals surface area contributed by atoms with E-state index >= 15 is 0 Å². The van der Waals surface area contributed by atoms with E-state index in [1.807, 2.05) is 0 Å². The summed E-state index contributed by atoms with van der Waals surface area (Å²) >= 11 is 0. The van der Waals surface area contributed by atoms with Crippen molar-refractivity contribution in [2.45, 2.75) is 13.8 Å². The lowest BCUT2D eigenvalue weighted by atomic mass is 10.1. The first kappa shape index (κ1) is 19.8. The summed E-state index contributed by atoms with van der Waals surface area (Å²) in [5.41, 5.74) is 3.43. The summed E-state index contributed by atoms with van der Waals surface area (Å²) in [6.45, 7) is 3.06. The fourth-order valence-electron chi connectivity index (χ4n) is 2.52. The first-order valence-corrected chi connectivity index (χ1v) is 8.71. The topological polar surface area (TPSA) is 114 Å². The van der Waals surface area contributed by atoms with Crippen LogP contribution in [0.1, 0.15) is 25.0 Å². The molecule has 0 fully saturated rings. The molecule has 2 N–H and O–H groups in total. The zero-order chi connectivity index (χ0) is 21.0. The van der Waals surface area contributed by atoms with Crippen LogP contribution in [0.3, 0.4) is 0 Å². The SMILES string of the molecule is C/C(=C\c1ccc(-c2nnc(-c3ccc(/C=C(\C)C(=O)O)cc3)o2)cc1)C(=O)O. The molecule has 0 spiro atoms. The van der Waals surface area contributed by atoms with E-state index in [1.54, 1.807) is 60.7 Å². The lowest BCUT2D eigenvalue weighted by molar-refractivity contribution is -0.133. The highest BCUT2D eigenvalue weighted by Crippen LogP contribution is 2.25. The van der Waals surface area contributed by atoms with Gasteiger partial charge in [-0.15, -0.1) is 10.2 Å². The van der Waals surface area contributed by atoms with Crippen molar-refractivity contribution < 1.29 is 24.2 Å². The molecule has 1 aromatic heterocycles. The van der Waals surface area contributed by atoms with E-state index in [0.29, 0.717) is 22.9 Å². The fraction of sp³-hybridized carbons (Fsp3) is 0.0909. The number of hydrogen-bond acceptors (Lipinski definition) is 5. The van der Waals surface area contributed by atoms with Crippen molar-refractivity contribution in [3.8, 4) is 22.9 Å². The summed E-state index contributed by atoms with van der Waals surface area (Å²) in [5, 5.41) is 26.0. The molecule has 0 aliphatic rings. The van der Waals surface area contributed by atoms with Gasteiger partial charge in [0.1, 0.15) is 0 Å². The van der Waals surface area contributed by atoms with Crippen LogP contribution in [0.4, 0.5) is 0 Å². The van der Waals surface area contributed by atoms with Crippen LogP contribution in [0.2, 0.25) is 0 Å². The molecule has 0 atom stereocenters. The Morgan fingerprint density at radius 1 is 0.724 bits per heavy atom. The van der Waals surface area contributed by atoms with Crippen LogP contribution in [-0.4, -0.2) is 32.3 Å². The van der Waals surface area contributed by atoms with Crippen molar-refractivity contribution >= 4 is 24.1 Å². The summed E-state index contributed by atoms with van der Waals surface area (Å²) in [4.78, 5) is 21.8. The minimum atomic E-state index is -0.963. The Hall–Kier alpha value is -4.00. The third-order valence-corrected chi connectivity index (χ3v) is 4.18. The van der Waals surface area contributed by atoms with Gasteiger partial charge in [-0.2, -0.15) is 0 Å². The van der Waals surface area contributed by atoms with Gasteiger partial charge in [-0.1, -0.05) is 24.3 Å². The van der Waals surface area contributed by atoms with Gasteiger partial charge in [0.05, 0.1) is 0 Å². The highest BCUT2D eigenvalue weighted by molar-refractivity contribution is 5.92. The Balaban J connectivity index is 1.79. The Morgan fingerprint density at radius 2 is 1.07 bits per heavy atom. The Kier molecular flexibility index (Phi) is 5.69. The fourth-order valence-corrected chi connectivity index (χ4v) is 2.52. The van der Waals surface area contributed by atoms with Gasteiger partial charge in [0.2, 0.25) is 11.8 Å². The summed E-state index contributed by atoms with van der Waals surface area (Å²) in [7, 11) is 0. The van der Waals surface area contributed by atoms with Gasteiger partial charge in [-0.25, -0.2) is 9.59 Å². The number of carbonyl (C=O) groups is 2. The molecule has 0 aliphatic carbocycles. The summed E-state index contributed by atoms with van der Waals surface area (Å²) in [6.07, 6.45) is 3.15. The smallest absolute Gasteiger partial charge is 0.331 e. The summed E-state index contributed by atoms with van der Waals surface area (Å²) in [5.74, 6) is -1.24. The lowest BCUT2D eigenvalue weighted by Gasteiger charge is -1.99. The molecular weight excluding hydrogens is 372 g/mol. The van der Waals surface area contributed by atoms with E-state index in [4.69, 9.17) is 14.6 Å². The second kappa shape index (κ2) is 8.35. The van der Waals surface area contributed by atoms with E-state index in [0.717, 1.165) is 11.1 Å². The predicted molar refractivity (Wildman–Crippen MR) is 108 cm³/mol. The zero-order valence-corrected chi connectivity index (χ0v) is 15.8. The molecule has 0 saturated carbocycles. The maximum Gasteiger partial charge on any atom is 0.331 e. The van der Waals surface area contributed by atoms with Crippen molar-refractivity contribution in [2.75, 3.05) is 0 Å². The number of aromatic nitrogens is 2. The van der Waals surface area contributed by atoms with Crippen LogP contribution in [0.15, 0.2) is 64.1 Å². The molecule has 29 heavy (non-hydrogen) atoms. The molecule has 146 valence electrons. The number of carboxylic acids is 2. The molecule has 0 aliphatic heterocycles. The Labute approximate surface area is 166 Å². The minimum Gasteiger partial charge on any atom is -0.478 e. The summed E-state index contributed by atoms with van der Waals surface area (Å²) in [6, 6.07) is 14.2. The average molecular weight is 390 g/mol. The highest BCUT2D eigenvalue weighted by Gasteiger charge is 2.11. The van der Waals surface area contributed by atoms with E-state index in [-0.39, 0.29) is 11.1 Å². The van der Waals surface area contributed by atoms with Crippen LogP contribution >= 0.6 is 0 Å². The minimum absolute atomic E-state index is 0.245. The zero-order valence-electron chi connectivity index (χ0n) is 15.8. The highest BCUT2D eigenvalue weighted by atomic mass is 16.4. The first-order chi connectivity index (χ1) is 13.8. The third kappa shape index (κ3) is 4.84. The average Bonchev–Trinajstić information content (AvgIpc) is 3.19.